The maximum atomic E-state index is 12.6. The predicted octanol–water partition coefficient (Wildman–Crippen LogP) is 3.01. The van der Waals surface area contributed by atoms with Gasteiger partial charge in [-0.05, 0) is 37.5 Å². The summed E-state index contributed by atoms with van der Waals surface area (Å²) in [6, 6.07) is 0.121. The fourth-order valence-corrected chi connectivity index (χ4v) is 4.92. The molecule has 2 amide bonds. The van der Waals surface area contributed by atoms with Gasteiger partial charge in [0.1, 0.15) is 0 Å². The van der Waals surface area contributed by atoms with Crippen molar-refractivity contribution in [3.05, 3.63) is 0 Å². The molecule has 170 valence electrons. The van der Waals surface area contributed by atoms with Gasteiger partial charge >= 0.3 is 18.4 Å². The quantitative estimate of drug-likeness (QED) is 0.680. The summed E-state index contributed by atoms with van der Waals surface area (Å²) >= 11 is 0. The Morgan fingerprint density at radius 3 is 2.03 bits per heavy atom. The lowest BCUT2D eigenvalue weighted by molar-refractivity contribution is -0.308. The van der Waals surface area contributed by atoms with Gasteiger partial charge in [0, 0.05) is 30.5 Å². The van der Waals surface area contributed by atoms with Crippen molar-refractivity contribution in [2.45, 2.75) is 56.6 Å². The molecule has 0 aromatic heterocycles. The van der Waals surface area contributed by atoms with Crippen molar-refractivity contribution in [2.24, 2.45) is 16.7 Å². The van der Waals surface area contributed by atoms with Crippen LogP contribution in [0.2, 0.25) is 0 Å². The fourth-order valence-electron chi connectivity index (χ4n) is 4.92. The summed E-state index contributed by atoms with van der Waals surface area (Å²) in [5.41, 5.74) is -0.120. The number of hydrogen-bond acceptors (Lipinski definition) is 4. The first kappa shape index (κ1) is 21.5. The van der Waals surface area contributed by atoms with E-state index < -0.39 is 24.5 Å². The summed E-state index contributed by atoms with van der Waals surface area (Å²) in [6.07, 6.45) is -14.2. The second-order valence-corrected chi connectivity index (χ2v) is 9.06. The molecule has 2 saturated heterocycles. The third-order valence-electron chi connectivity index (χ3n) is 6.86. The van der Waals surface area contributed by atoms with Crippen molar-refractivity contribution in [1.82, 2.24) is 10.2 Å². The maximum absolute atomic E-state index is 12.6. The Morgan fingerprint density at radius 2 is 1.57 bits per heavy atom. The van der Waals surface area contributed by atoms with Crippen molar-refractivity contribution in [3.8, 4) is 0 Å². The van der Waals surface area contributed by atoms with E-state index in [1.165, 1.54) is 0 Å². The van der Waals surface area contributed by atoms with Crippen LogP contribution in [0.25, 0.3) is 0 Å². The van der Waals surface area contributed by atoms with Crippen LogP contribution in [0.3, 0.4) is 0 Å². The highest BCUT2D eigenvalue weighted by Gasteiger charge is 2.62. The van der Waals surface area contributed by atoms with Gasteiger partial charge < -0.3 is 19.7 Å². The number of likely N-dealkylation sites (tertiary alicyclic amines) is 1. The number of halogens is 6. The smallest absolute Gasteiger partial charge is 0.426 e. The standard InChI is InChI=1S/C18H22F6N2O4/c19-17(20,21)13(18(22,23)24)30-14(28)26-3-1-16(2-4-26)7-11(16)12(27)25-10-5-15(6-10)8-29-9-15/h10-11,13H,1-9H2,(H,25,27)/t11-/m1/s1. The van der Waals surface area contributed by atoms with Gasteiger partial charge in [-0.2, -0.15) is 26.3 Å². The van der Waals surface area contributed by atoms with E-state index in [1.807, 2.05) is 0 Å². The maximum Gasteiger partial charge on any atom is 0.434 e. The van der Waals surface area contributed by atoms with Crippen LogP contribution < -0.4 is 5.32 Å². The van der Waals surface area contributed by atoms with E-state index in [9.17, 15) is 35.9 Å². The minimum absolute atomic E-state index is 0.0467. The van der Waals surface area contributed by atoms with Gasteiger partial charge in [0.05, 0.1) is 13.2 Å². The van der Waals surface area contributed by atoms with Gasteiger partial charge in [0.25, 0.3) is 6.10 Å². The average Bonchev–Trinajstić information content (AvgIpc) is 3.25. The average molecular weight is 444 g/mol. The summed E-state index contributed by atoms with van der Waals surface area (Å²) in [6.45, 7) is 1.36. The van der Waals surface area contributed by atoms with Crippen molar-refractivity contribution in [2.75, 3.05) is 26.3 Å². The Hall–Kier alpha value is -1.72. The number of hydrogen-bond donors (Lipinski definition) is 1. The van der Waals surface area contributed by atoms with Gasteiger partial charge in [-0.25, -0.2) is 4.79 Å². The molecule has 4 rings (SSSR count). The van der Waals surface area contributed by atoms with Crippen LogP contribution in [0.5, 0.6) is 0 Å². The van der Waals surface area contributed by atoms with Crippen molar-refractivity contribution in [3.63, 3.8) is 0 Å². The van der Waals surface area contributed by atoms with Crippen LogP contribution in [0, 0.1) is 16.7 Å². The molecule has 2 spiro atoms. The molecule has 0 bridgehead atoms. The number of nitrogens with zero attached hydrogens (tertiary/aromatic N) is 1. The summed E-state index contributed by atoms with van der Waals surface area (Å²) in [7, 11) is 0. The lowest BCUT2D eigenvalue weighted by atomic mass is 9.64. The Bertz CT molecular complexity index is 690. The monoisotopic (exact) mass is 444 g/mol. The zero-order chi connectivity index (χ0) is 21.9. The zero-order valence-corrected chi connectivity index (χ0v) is 15.9. The van der Waals surface area contributed by atoms with Crippen LogP contribution in [-0.2, 0) is 14.3 Å². The summed E-state index contributed by atoms with van der Waals surface area (Å²) < 4.78 is 84.3. The highest BCUT2D eigenvalue weighted by Crippen LogP contribution is 2.60. The Labute approximate surface area is 168 Å². The molecule has 6 nitrogen and oxygen atoms in total. The molecular weight excluding hydrogens is 422 g/mol. The first-order valence-electron chi connectivity index (χ1n) is 9.81. The molecule has 4 aliphatic rings. The topological polar surface area (TPSA) is 67.9 Å². The van der Waals surface area contributed by atoms with E-state index in [2.05, 4.69) is 10.1 Å². The van der Waals surface area contributed by atoms with E-state index >= 15 is 0 Å². The number of piperidine rings is 1. The molecular formula is C18H22F6N2O4. The Kier molecular flexibility index (Phi) is 4.94. The third kappa shape index (κ3) is 3.94. The molecule has 0 radical (unpaired) electrons. The van der Waals surface area contributed by atoms with Gasteiger partial charge in [-0.1, -0.05) is 0 Å². The minimum atomic E-state index is -5.74. The van der Waals surface area contributed by atoms with Gasteiger partial charge in [0.15, 0.2) is 0 Å². The second-order valence-electron chi connectivity index (χ2n) is 9.06. The molecule has 1 N–H and O–H groups in total. The fraction of sp³-hybridized carbons (Fsp3) is 0.889. The number of ether oxygens (including phenoxy) is 2. The Balaban J connectivity index is 1.24. The number of carbonyl (C=O) groups is 2. The number of rotatable bonds is 3. The first-order chi connectivity index (χ1) is 13.8. The molecule has 12 heteroatoms. The number of alkyl halides is 6. The lowest BCUT2D eigenvalue weighted by Crippen LogP contribution is -2.59. The Morgan fingerprint density at radius 1 is 1.00 bits per heavy atom. The summed E-state index contributed by atoms with van der Waals surface area (Å²) in [5.74, 6) is -0.303. The van der Waals surface area contributed by atoms with Crippen LogP contribution in [0.4, 0.5) is 31.1 Å². The number of nitrogens with one attached hydrogen (secondary N) is 1. The highest BCUT2D eigenvalue weighted by atomic mass is 19.4. The van der Waals surface area contributed by atoms with Crippen LogP contribution in [0.15, 0.2) is 0 Å². The van der Waals surface area contributed by atoms with Crippen LogP contribution in [0.1, 0.15) is 32.1 Å². The van der Waals surface area contributed by atoms with Crippen molar-refractivity contribution < 1.29 is 45.4 Å². The molecule has 0 aromatic carbocycles. The van der Waals surface area contributed by atoms with Crippen molar-refractivity contribution in [1.29, 1.82) is 0 Å². The van der Waals surface area contributed by atoms with Crippen LogP contribution in [-0.4, -0.2) is 67.7 Å². The summed E-state index contributed by atoms with van der Waals surface area (Å²) in [5, 5.41) is 3.02. The molecule has 1 atom stereocenters. The molecule has 2 saturated carbocycles. The van der Waals surface area contributed by atoms with E-state index in [4.69, 9.17) is 4.74 Å². The van der Waals surface area contributed by atoms with Crippen molar-refractivity contribution >= 4 is 12.0 Å². The molecule has 0 aromatic rings. The summed E-state index contributed by atoms with van der Waals surface area (Å²) in [4.78, 5) is 25.2. The molecule has 4 fully saturated rings. The van der Waals surface area contributed by atoms with Gasteiger partial charge in [0.2, 0.25) is 5.91 Å². The first-order valence-corrected chi connectivity index (χ1v) is 9.81. The number of amides is 2. The molecule has 2 aliphatic heterocycles. The van der Waals surface area contributed by atoms with Crippen LogP contribution >= 0.6 is 0 Å². The SMILES string of the molecule is O=C(NC1CC2(COC2)C1)[C@H]1CC12CCN(C(=O)OC(C(F)(F)F)C(F)(F)F)CC2. The van der Waals surface area contributed by atoms with Gasteiger partial charge in [-0.3, -0.25) is 4.79 Å². The lowest BCUT2D eigenvalue weighted by Gasteiger charge is -2.53. The zero-order valence-electron chi connectivity index (χ0n) is 15.9. The highest BCUT2D eigenvalue weighted by molar-refractivity contribution is 5.83. The molecule has 2 heterocycles. The minimum Gasteiger partial charge on any atom is -0.426 e. The normalized spacial score (nSPS) is 27.6. The predicted molar refractivity (Wildman–Crippen MR) is 88.1 cm³/mol. The molecule has 0 unspecified atom stereocenters. The second kappa shape index (κ2) is 6.89. The van der Waals surface area contributed by atoms with E-state index in [-0.39, 0.29) is 41.8 Å². The third-order valence-corrected chi connectivity index (χ3v) is 6.86. The number of carbonyl (C=O) groups excluding carboxylic acids is 2. The largest absolute Gasteiger partial charge is 0.434 e. The van der Waals surface area contributed by atoms with E-state index in [0.717, 1.165) is 31.0 Å². The molecule has 2 aliphatic carbocycles. The van der Waals surface area contributed by atoms with E-state index in [1.54, 1.807) is 0 Å². The molecule has 30 heavy (non-hydrogen) atoms. The van der Waals surface area contributed by atoms with E-state index in [0.29, 0.717) is 19.3 Å². The van der Waals surface area contributed by atoms with Gasteiger partial charge in [-0.15, -0.1) is 0 Å².